The van der Waals surface area contributed by atoms with E-state index in [1.807, 2.05) is 0 Å². The zero-order valence-electron chi connectivity index (χ0n) is 46.8. The lowest BCUT2D eigenvalue weighted by Gasteiger charge is -2.39. The van der Waals surface area contributed by atoms with E-state index in [4.69, 9.17) is 9.47 Å². The Labute approximate surface area is 428 Å². The van der Waals surface area contributed by atoms with Crippen LogP contribution in [-0.2, 0) is 30.4 Å². The van der Waals surface area contributed by atoms with Crippen molar-refractivity contribution in [3.8, 4) is 0 Å². The monoisotopic (exact) mass is 979 g/mol. The van der Waals surface area contributed by atoms with Crippen LogP contribution in [0.25, 0.3) is 0 Å². The number of nitrogens with zero attached hydrogens (tertiary/aromatic N) is 2. The second-order valence-electron chi connectivity index (χ2n) is 21.9. The minimum absolute atomic E-state index is 0.00140. The molecule has 0 aliphatic carbocycles. The first-order valence-electron chi connectivity index (χ1n) is 30.4. The zero-order valence-corrected chi connectivity index (χ0v) is 47.6. The highest BCUT2D eigenvalue weighted by atomic mass is 32.2. The van der Waals surface area contributed by atoms with Gasteiger partial charge in [-0.15, -0.1) is 4.31 Å². The number of piperidine rings is 1. The molecule has 4 atom stereocenters. The molecule has 404 valence electrons. The molecule has 0 spiro atoms. The Morgan fingerprint density at radius 2 is 0.853 bits per heavy atom. The molecule has 1 rings (SSSR count). The Kier molecular flexibility index (Phi) is 45.2. The Hall–Kier alpha value is -0.830. The van der Waals surface area contributed by atoms with Crippen LogP contribution in [0.15, 0.2) is 0 Å². The van der Waals surface area contributed by atoms with Crippen LogP contribution in [0.5, 0.6) is 0 Å². The van der Waals surface area contributed by atoms with Gasteiger partial charge in [-0.1, -0.05) is 208 Å². The second-order valence-corrected chi connectivity index (χ2v) is 23.6. The van der Waals surface area contributed by atoms with E-state index < -0.39 is 11.4 Å². The summed E-state index contributed by atoms with van der Waals surface area (Å²) < 4.78 is 29.0. The molecule has 0 radical (unpaired) electrons. The van der Waals surface area contributed by atoms with E-state index in [2.05, 4.69) is 57.8 Å². The van der Waals surface area contributed by atoms with Crippen molar-refractivity contribution in [3.05, 3.63) is 0 Å². The van der Waals surface area contributed by atoms with Crippen molar-refractivity contribution in [1.29, 1.82) is 0 Å². The minimum Gasteiger partial charge on any atom is -0.598 e. The third kappa shape index (κ3) is 36.1. The van der Waals surface area contributed by atoms with Crippen molar-refractivity contribution in [2.45, 2.75) is 316 Å². The third-order valence-electron chi connectivity index (χ3n) is 15.4. The SMILES string of the molecule is CCCCCCCC(CC)[S+]([O-])N(CC1CCN(C)CC1)C(CCCCCCCCC(=O)OCC(CCCC)CCCCCC)CCCCCCCCC(=O)OCC(CCCC)CCCCCC. The molecule has 68 heavy (non-hydrogen) atoms. The molecule has 7 nitrogen and oxygen atoms in total. The van der Waals surface area contributed by atoms with E-state index in [0.29, 0.717) is 49.9 Å². The molecule has 1 aliphatic heterocycles. The molecule has 0 saturated carbocycles. The normalized spacial score (nSPS) is 16.0. The summed E-state index contributed by atoms with van der Waals surface area (Å²) in [6, 6.07) is 0.370. The van der Waals surface area contributed by atoms with Gasteiger partial charge in [0.1, 0.15) is 5.25 Å². The van der Waals surface area contributed by atoms with Gasteiger partial charge < -0.3 is 18.9 Å². The van der Waals surface area contributed by atoms with Crippen LogP contribution in [0.3, 0.4) is 0 Å². The Morgan fingerprint density at radius 1 is 0.500 bits per heavy atom. The Bertz CT molecular complexity index is 1050. The van der Waals surface area contributed by atoms with E-state index in [-0.39, 0.29) is 17.2 Å². The molecule has 1 heterocycles. The molecule has 0 aromatic carbocycles. The van der Waals surface area contributed by atoms with Gasteiger partial charge >= 0.3 is 11.9 Å². The number of unbranched alkanes of at least 4 members (excludes halogenated alkanes) is 22. The molecular formula is C60H118N2O5S. The fourth-order valence-corrected chi connectivity index (χ4v) is 12.4. The minimum atomic E-state index is -0.964. The number of hydrogen-bond donors (Lipinski definition) is 0. The lowest BCUT2D eigenvalue weighted by molar-refractivity contribution is -0.146. The molecule has 8 heteroatoms. The van der Waals surface area contributed by atoms with Crippen molar-refractivity contribution in [2.24, 2.45) is 17.8 Å². The van der Waals surface area contributed by atoms with Gasteiger partial charge in [0.15, 0.2) is 0 Å². The third-order valence-corrected chi connectivity index (χ3v) is 17.5. The maximum absolute atomic E-state index is 14.9. The molecular weight excluding hydrogens is 861 g/mol. The van der Waals surface area contributed by atoms with Crippen LogP contribution >= 0.6 is 0 Å². The molecule has 0 aromatic rings. The van der Waals surface area contributed by atoms with Gasteiger partial charge in [0.05, 0.1) is 19.3 Å². The molecule has 1 saturated heterocycles. The summed E-state index contributed by atoms with van der Waals surface area (Å²) in [5.74, 6) is 1.68. The number of carbonyl (C=O) groups is 2. The highest BCUT2D eigenvalue weighted by Gasteiger charge is 2.36. The van der Waals surface area contributed by atoms with Gasteiger partial charge in [-0.05, 0) is 121 Å². The number of ether oxygens (including phenoxy) is 2. The first-order chi connectivity index (χ1) is 33.2. The Morgan fingerprint density at radius 3 is 1.28 bits per heavy atom. The van der Waals surface area contributed by atoms with Crippen LogP contribution in [-0.4, -0.2) is 76.9 Å². The van der Waals surface area contributed by atoms with E-state index in [1.165, 1.54) is 199 Å². The van der Waals surface area contributed by atoms with E-state index in [0.717, 1.165) is 71.0 Å². The molecule has 0 bridgehead atoms. The number of rotatable bonds is 50. The standard InChI is InChI=1S/C60H118N2O5S/c1-8-14-19-26-35-44-58(13-6)68(65)62(51-54-47-49-61(7)50-48-54)57(42-33-27-22-24-29-36-45-59(63)66-52-55(38-17-11-4)40-31-20-15-9-2)43-34-28-23-25-30-37-46-60(64)67-53-56(39-18-12-5)41-32-21-16-10-3/h54-58H,8-53H2,1-7H3. The summed E-state index contributed by atoms with van der Waals surface area (Å²) in [6.45, 7) is 18.1. The van der Waals surface area contributed by atoms with E-state index in [9.17, 15) is 14.1 Å². The topological polar surface area (TPSA) is 82.1 Å². The average Bonchev–Trinajstić information content (AvgIpc) is 3.34. The summed E-state index contributed by atoms with van der Waals surface area (Å²) >= 11 is -0.964. The summed E-state index contributed by atoms with van der Waals surface area (Å²) in [7, 11) is 2.25. The second kappa shape index (κ2) is 47.2. The van der Waals surface area contributed by atoms with Crippen LogP contribution in [0.4, 0.5) is 0 Å². The van der Waals surface area contributed by atoms with Crippen LogP contribution in [0.1, 0.15) is 305 Å². The first-order valence-corrected chi connectivity index (χ1v) is 31.6. The van der Waals surface area contributed by atoms with Gasteiger partial charge in [0.25, 0.3) is 0 Å². The van der Waals surface area contributed by atoms with Gasteiger partial charge in [-0.3, -0.25) is 9.59 Å². The molecule has 0 aromatic heterocycles. The zero-order chi connectivity index (χ0) is 49.7. The largest absolute Gasteiger partial charge is 0.598 e. The van der Waals surface area contributed by atoms with E-state index in [1.54, 1.807) is 0 Å². The van der Waals surface area contributed by atoms with E-state index >= 15 is 0 Å². The predicted octanol–water partition coefficient (Wildman–Crippen LogP) is 17.7. The predicted molar refractivity (Wildman–Crippen MR) is 296 cm³/mol. The van der Waals surface area contributed by atoms with Crippen LogP contribution in [0.2, 0.25) is 0 Å². The number of hydrogen-bond acceptors (Lipinski definition) is 7. The molecule has 1 aliphatic rings. The van der Waals surface area contributed by atoms with Crippen molar-refractivity contribution in [1.82, 2.24) is 9.21 Å². The first kappa shape index (κ1) is 65.2. The molecule has 0 N–H and O–H groups in total. The van der Waals surface area contributed by atoms with Gasteiger partial charge in [-0.2, -0.15) is 0 Å². The van der Waals surface area contributed by atoms with Gasteiger partial charge in [0.2, 0.25) is 0 Å². The van der Waals surface area contributed by atoms with Crippen molar-refractivity contribution >= 4 is 23.3 Å². The lowest BCUT2D eigenvalue weighted by atomic mass is 9.95. The lowest BCUT2D eigenvalue weighted by Crippen LogP contribution is -2.48. The van der Waals surface area contributed by atoms with Crippen LogP contribution < -0.4 is 0 Å². The fraction of sp³-hybridized carbons (Fsp3) is 0.967. The molecule has 1 fully saturated rings. The highest BCUT2D eigenvalue weighted by molar-refractivity contribution is 7.89. The highest BCUT2D eigenvalue weighted by Crippen LogP contribution is 2.30. The number of likely N-dealkylation sites (tertiary alicyclic amines) is 1. The number of esters is 2. The van der Waals surface area contributed by atoms with Crippen LogP contribution in [0, 0.1) is 17.8 Å². The van der Waals surface area contributed by atoms with Gasteiger partial charge in [-0.25, -0.2) is 0 Å². The van der Waals surface area contributed by atoms with Crippen molar-refractivity contribution in [3.63, 3.8) is 0 Å². The van der Waals surface area contributed by atoms with Crippen molar-refractivity contribution in [2.75, 3.05) is 39.9 Å². The average molecular weight is 980 g/mol. The molecule has 0 amide bonds. The smallest absolute Gasteiger partial charge is 0.305 e. The molecule has 4 unspecified atom stereocenters. The Balaban J connectivity index is 2.75. The van der Waals surface area contributed by atoms with Gasteiger partial charge in [0, 0.05) is 30.7 Å². The van der Waals surface area contributed by atoms with Crippen molar-refractivity contribution < 1.29 is 23.6 Å². The number of carbonyl (C=O) groups excluding carboxylic acids is 2. The maximum Gasteiger partial charge on any atom is 0.305 e. The fourth-order valence-electron chi connectivity index (χ4n) is 10.5. The quantitative estimate of drug-likeness (QED) is 0.0341. The summed E-state index contributed by atoms with van der Waals surface area (Å²) in [6.07, 6.45) is 47.7. The maximum atomic E-state index is 14.9. The summed E-state index contributed by atoms with van der Waals surface area (Å²) in [5, 5.41) is 0.254. The summed E-state index contributed by atoms with van der Waals surface area (Å²) in [5.41, 5.74) is 0. The summed E-state index contributed by atoms with van der Waals surface area (Å²) in [4.78, 5) is 27.8.